The van der Waals surface area contributed by atoms with E-state index in [9.17, 15) is 4.79 Å². The van der Waals surface area contributed by atoms with Crippen LogP contribution < -0.4 is 0 Å². The summed E-state index contributed by atoms with van der Waals surface area (Å²) in [7, 11) is 2.14. The van der Waals surface area contributed by atoms with Gasteiger partial charge in [0.25, 0.3) is 0 Å². The van der Waals surface area contributed by atoms with Gasteiger partial charge in [-0.25, -0.2) is 0 Å². The molecule has 2 rings (SSSR count). The van der Waals surface area contributed by atoms with E-state index in [4.69, 9.17) is 23.2 Å². The lowest BCUT2D eigenvalue weighted by atomic mass is 9.87. The van der Waals surface area contributed by atoms with Crippen LogP contribution in [-0.2, 0) is 11.2 Å². The average Bonchev–Trinajstić information content (AvgIpc) is 2.66. The van der Waals surface area contributed by atoms with E-state index in [1.54, 1.807) is 6.07 Å². The summed E-state index contributed by atoms with van der Waals surface area (Å²) in [4.78, 5) is 14.1. The third kappa shape index (κ3) is 6.34. The topological polar surface area (TPSA) is 20.3 Å². The summed E-state index contributed by atoms with van der Waals surface area (Å²) in [5, 5.41) is 1.13. The predicted molar refractivity (Wildman–Crippen MR) is 116 cm³/mol. The van der Waals surface area contributed by atoms with Crippen molar-refractivity contribution in [3.05, 3.63) is 69.2 Å². The largest absolute Gasteiger partial charge is 0.306 e. The quantitative estimate of drug-likeness (QED) is 0.428. The second-order valence-electron chi connectivity index (χ2n) is 7.44. The number of rotatable bonds is 10. The van der Waals surface area contributed by atoms with Crippen molar-refractivity contribution in [3.8, 4) is 0 Å². The van der Waals surface area contributed by atoms with Crippen LogP contribution >= 0.6 is 23.2 Å². The van der Waals surface area contributed by atoms with E-state index >= 15 is 0 Å². The molecular weight excluding hydrogens is 377 g/mol. The number of carbonyl (C=O) groups excluding carboxylic acids is 1. The molecule has 0 bridgehead atoms. The van der Waals surface area contributed by atoms with Crippen molar-refractivity contribution in [1.29, 1.82) is 0 Å². The maximum absolute atomic E-state index is 11.8. The van der Waals surface area contributed by atoms with Gasteiger partial charge in [0.2, 0.25) is 0 Å². The normalized spacial score (nSPS) is 12.6. The Kier molecular flexibility index (Phi) is 8.82. The second kappa shape index (κ2) is 10.8. The van der Waals surface area contributed by atoms with Gasteiger partial charge in [-0.15, -0.1) is 0 Å². The minimum Gasteiger partial charge on any atom is -0.306 e. The van der Waals surface area contributed by atoms with Gasteiger partial charge in [0, 0.05) is 12.5 Å². The molecule has 0 amide bonds. The highest BCUT2D eigenvalue weighted by Gasteiger charge is 2.20. The molecule has 2 nitrogen and oxygen atoms in total. The highest BCUT2D eigenvalue weighted by Crippen LogP contribution is 2.37. The summed E-state index contributed by atoms with van der Waals surface area (Å²) < 4.78 is 0. The lowest BCUT2D eigenvalue weighted by Crippen LogP contribution is -2.23. The van der Waals surface area contributed by atoms with Gasteiger partial charge in [-0.3, -0.25) is 0 Å². The Bertz CT molecular complexity index is 731. The molecule has 0 fully saturated rings. The van der Waals surface area contributed by atoms with Crippen LogP contribution in [0.4, 0.5) is 0 Å². The van der Waals surface area contributed by atoms with Crippen molar-refractivity contribution in [2.24, 2.45) is 0 Å². The van der Waals surface area contributed by atoms with E-state index in [1.165, 1.54) is 5.56 Å². The monoisotopic (exact) mass is 405 g/mol. The van der Waals surface area contributed by atoms with E-state index in [-0.39, 0.29) is 11.8 Å². The Morgan fingerprint density at radius 1 is 1.04 bits per heavy atom. The molecule has 2 aromatic rings. The van der Waals surface area contributed by atoms with E-state index in [0.29, 0.717) is 10.0 Å². The fourth-order valence-electron chi connectivity index (χ4n) is 3.45. The number of hydrogen-bond acceptors (Lipinski definition) is 2. The number of aldehydes is 1. The average molecular weight is 406 g/mol. The molecule has 0 saturated heterocycles. The molecule has 0 aliphatic rings. The minimum atomic E-state index is -0.139. The molecule has 1 unspecified atom stereocenters. The fraction of sp³-hybridized carbons (Fsp3) is 0.435. The molecule has 0 aromatic heterocycles. The van der Waals surface area contributed by atoms with Gasteiger partial charge in [0.15, 0.2) is 0 Å². The zero-order chi connectivity index (χ0) is 19.8. The fourth-order valence-corrected chi connectivity index (χ4v) is 4.00. The van der Waals surface area contributed by atoms with Crippen molar-refractivity contribution in [2.45, 2.75) is 44.9 Å². The molecule has 2 aromatic carbocycles. The van der Waals surface area contributed by atoms with E-state index in [0.717, 1.165) is 49.8 Å². The van der Waals surface area contributed by atoms with Crippen molar-refractivity contribution >= 4 is 29.5 Å². The molecule has 27 heavy (non-hydrogen) atoms. The van der Waals surface area contributed by atoms with Gasteiger partial charge >= 0.3 is 0 Å². The third-order valence-corrected chi connectivity index (χ3v) is 5.81. The summed E-state index contributed by atoms with van der Waals surface area (Å²) in [6.07, 6.45) is 3.87. The zero-order valence-corrected chi connectivity index (χ0v) is 17.9. The molecule has 1 atom stereocenters. The number of nitrogens with zero attached hydrogens (tertiary/aromatic N) is 1. The summed E-state index contributed by atoms with van der Waals surface area (Å²) in [5.41, 5.74) is 3.37. The lowest BCUT2D eigenvalue weighted by molar-refractivity contribution is -0.109. The second-order valence-corrected chi connectivity index (χ2v) is 8.23. The molecule has 0 spiro atoms. The Morgan fingerprint density at radius 2 is 1.74 bits per heavy atom. The maximum Gasteiger partial charge on any atom is 0.127 e. The van der Waals surface area contributed by atoms with E-state index in [1.807, 2.05) is 12.1 Å². The standard InChI is InChI=1S/C23H29Cl2NO/c1-17(2)22-20(11-12-21(24)23(22)25)19(16-27)10-7-14-26(3)15-13-18-8-5-4-6-9-18/h4-6,8-9,11-12,16-17,19H,7,10,13-15H2,1-3H3. The first-order valence-corrected chi connectivity index (χ1v) is 10.3. The summed E-state index contributed by atoms with van der Waals surface area (Å²) in [6.45, 7) is 6.15. The lowest BCUT2D eigenvalue weighted by Gasteiger charge is -2.21. The Morgan fingerprint density at radius 3 is 2.37 bits per heavy atom. The molecular formula is C23H29Cl2NO. The van der Waals surface area contributed by atoms with Gasteiger partial charge in [-0.05, 0) is 61.5 Å². The first-order valence-electron chi connectivity index (χ1n) is 9.59. The van der Waals surface area contributed by atoms with Crippen LogP contribution in [0.25, 0.3) is 0 Å². The van der Waals surface area contributed by atoms with Crippen LogP contribution in [0.1, 0.15) is 55.2 Å². The highest BCUT2D eigenvalue weighted by atomic mass is 35.5. The molecule has 146 valence electrons. The number of hydrogen-bond donors (Lipinski definition) is 0. The van der Waals surface area contributed by atoms with Gasteiger partial charge in [-0.2, -0.15) is 0 Å². The summed E-state index contributed by atoms with van der Waals surface area (Å²) in [5.74, 6) is 0.0851. The summed E-state index contributed by atoms with van der Waals surface area (Å²) in [6, 6.07) is 14.3. The van der Waals surface area contributed by atoms with Crippen LogP contribution in [0.5, 0.6) is 0 Å². The van der Waals surface area contributed by atoms with Crippen molar-refractivity contribution < 1.29 is 4.79 Å². The molecule has 0 heterocycles. The van der Waals surface area contributed by atoms with Crippen LogP contribution in [0.3, 0.4) is 0 Å². The van der Waals surface area contributed by atoms with Crippen molar-refractivity contribution in [1.82, 2.24) is 4.90 Å². The molecule has 4 heteroatoms. The van der Waals surface area contributed by atoms with Crippen LogP contribution in [0.15, 0.2) is 42.5 Å². The van der Waals surface area contributed by atoms with Crippen molar-refractivity contribution in [2.75, 3.05) is 20.1 Å². The van der Waals surface area contributed by atoms with Crippen LogP contribution in [-0.4, -0.2) is 31.3 Å². The number of likely N-dealkylation sites (N-methyl/N-ethyl adjacent to an activating group) is 1. The first-order chi connectivity index (χ1) is 12.9. The Balaban J connectivity index is 1.92. The molecule has 0 saturated carbocycles. The highest BCUT2D eigenvalue weighted by molar-refractivity contribution is 6.42. The van der Waals surface area contributed by atoms with E-state index < -0.39 is 0 Å². The Hall–Kier alpha value is -1.35. The maximum atomic E-state index is 11.8. The molecule has 0 N–H and O–H groups in total. The smallest absolute Gasteiger partial charge is 0.127 e. The predicted octanol–water partition coefficient (Wildman–Crippen LogP) is 6.35. The number of benzene rings is 2. The zero-order valence-electron chi connectivity index (χ0n) is 16.4. The number of carbonyl (C=O) groups is 1. The van der Waals surface area contributed by atoms with Crippen molar-refractivity contribution in [3.63, 3.8) is 0 Å². The Labute approximate surface area is 173 Å². The van der Waals surface area contributed by atoms with Crippen LogP contribution in [0, 0.1) is 0 Å². The van der Waals surface area contributed by atoms with Crippen LogP contribution in [0.2, 0.25) is 10.0 Å². The molecule has 0 aliphatic heterocycles. The van der Waals surface area contributed by atoms with Gasteiger partial charge in [0.1, 0.15) is 6.29 Å². The molecule has 0 aliphatic carbocycles. The minimum absolute atomic E-state index is 0.139. The number of halogens is 2. The van der Waals surface area contributed by atoms with Gasteiger partial charge in [0.05, 0.1) is 10.0 Å². The SMILES string of the molecule is CC(C)c1c(C(C=O)CCCN(C)CCc2ccccc2)ccc(Cl)c1Cl. The third-order valence-electron chi connectivity index (χ3n) is 4.99. The molecule has 0 radical (unpaired) electrons. The first kappa shape index (κ1) is 21.9. The summed E-state index contributed by atoms with van der Waals surface area (Å²) >= 11 is 12.6. The van der Waals surface area contributed by atoms with Gasteiger partial charge in [-0.1, -0.05) is 73.4 Å². The van der Waals surface area contributed by atoms with E-state index in [2.05, 4.69) is 50.1 Å². The van der Waals surface area contributed by atoms with Gasteiger partial charge < -0.3 is 9.69 Å².